The topological polar surface area (TPSA) is 45.3 Å². The van der Waals surface area contributed by atoms with Gasteiger partial charge in [0.2, 0.25) is 0 Å². The minimum atomic E-state index is -0.245. The van der Waals surface area contributed by atoms with Crippen LogP contribution in [0.3, 0.4) is 0 Å². The van der Waals surface area contributed by atoms with Gasteiger partial charge in [0.25, 0.3) is 0 Å². The number of hydrogen-bond acceptors (Lipinski definition) is 3. The predicted octanol–water partition coefficient (Wildman–Crippen LogP) is 4.17. The maximum atomic E-state index is 12.4. The highest BCUT2D eigenvalue weighted by Crippen LogP contribution is 2.36. The second kappa shape index (κ2) is 7.28. The van der Waals surface area contributed by atoms with Gasteiger partial charge < -0.3 is 9.72 Å². The van der Waals surface area contributed by atoms with Crippen molar-refractivity contribution in [2.45, 2.75) is 39.2 Å². The first-order valence-corrected chi connectivity index (χ1v) is 9.90. The molecule has 1 fully saturated rings. The highest BCUT2D eigenvalue weighted by atomic mass is 16.5. The molecule has 1 N–H and O–H groups in total. The lowest BCUT2D eigenvalue weighted by molar-refractivity contribution is 0.0518. The number of ether oxygens (including phenoxy) is 1. The Balaban J connectivity index is 1.58. The number of H-pyrrole nitrogens is 1. The van der Waals surface area contributed by atoms with E-state index in [4.69, 9.17) is 4.74 Å². The molecule has 4 nitrogen and oxygen atoms in total. The van der Waals surface area contributed by atoms with E-state index in [-0.39, 0.29) is 5.97 Å². The fourth-order valence-corrected chi connectivity index (χ4v) is 4.75. The number of esters is 1. The predicted molar refractivity (Wildman–Crippen MR) is 104 cm³/mol. The smallest absolute Gasteiger partial charge is 0.355 e. The highest BCUT2D eigenvalue weighted by Gasteiger charge is 2.36. The summed E-state index contributed by atoms with van der Waals surface area (Å²) in [5.74, 6) is 1.22. The van der Waals surface area contributed by atoms with Crippen LogP contribution in [0.2, 0.25) is 0 Å². The Morgan fingerprint density at radius 2 is 2.12 bits per heavy atom. The number of carbonyl (C=O) groups is 1. The summed E-state index contributed by atoms with van der Waals surface area (Å²) in [5.41, 5.74) is 2.73. The number of hydrogen-bond donors (Lipinski definition) is 1. The Labute approximate surface area is 155 Å². The Morgan fingerprint density at radius 1 is 1.27 bits per heavy atom. The van der Waals surface area contributed by atoms with Gasteiger partial charge in [0.1, 0.15) is 5.69 Å². The monoisotopic (exact) mass is 352 g/mol. The summed E-state index contributed by atoms with van der Waals surface area (Å²) in [5, 5.41) is 1.14. The number of piperidine rings is 1. The molecule has 0 saturated carbocycles. The van der Waals surface area contributed by atoms with Crippen LogP contribution >= 0.6 is 0 Å². The van der Waals surface area contributed by atoms with Gasteiger partial charge in [0.15, 0.2) is 0 Å². The van der Waals surface area contributed by atoms with Crippen LogP contribution in [-0.4, -0.2) is 41.6 Å². The van der Waals surface area contributed by atoms with E-state index in [0.717, 1.165) is 41.9 Å². The molecule has 3 heterocycles. The molecular formula is C22H28N2O2. The Bertz CT molecular complexity index is 823. The van der Waals surface area contributed by atoms with Crippen molar-refractivity contribution in [2.75, 3.05) is 19.7 Å². The van der Waals surface area contributed by atoms with E-state index < -0.39 is 0 Å². The van der Waals surface area contributed by atoms with E-state index in [2.05, 4.69) is 35.0 Å². The molecule has 1 saturated heterocycles. The Morgan fingerprint density at radius 3 is 2.88 bits per heavy atom. The molecule has 26 heavy (non-hydrogen) atoms. The summed E-state index contributed by atoms with van der Waals surface area (Å²) in [4.78, 5) is 18.3. The summed E-state index contributed by atoms with van der Waals surface area (Å²) < 4.78 is 5.28. The SMILES string of the molecule is CCOC(=O)c1[nH]c2ccccc2c1CCN1CC2C=CC1C(CC)C2. The van der Waals surface area contributed by atoms with Gasteiger partial charge in [0.05, 0.1) is 6.61 Å². The number of nitrogens with one attached hydrogen (secondary N) is 1. The molecule has 1 aliphatic carbocycles. The molecule has 3 aliphatic rings. The van der Waals surface area contributed by atoms with Crippen LogP contribution in [0.5, 0.6) is 0 Å². The van der Waals surface area contributed by atoms with Gasteiger partial charge in [-0.2, -0.15) is 0 Å². The van der Waals surface area contributed by atoms with Gasteiger partial charge in [-0.1, -0.05) is 43.7 Å². The molecule has 3 unspecified atom stereocenters. The van der Waals surface area contributed by atoms with Gasteiger partial charge in [0, 0.05) is 30.0 Å². The van der Waals surface area contributed by atoms with Crippen LogP contribution in [0.1, 0.15) is 42.7 Å². The van der Waals surface area contributed by atoms with Crippen molar-refractivity contribution >= 4 is 16.9 Å². The minimum absolute atomic E-state index is 0.245. The third-order valence-electron chi connectivity index (χ3n) is 6.03. The van der Waals surface area contributed by atoms with E-state index in [9.17, 15) is 4.79 Å². The molecule has 0 amide bonds. The third kappa shape index (κ3) is 3.07. The maximum Gasteiger partial charge on any atom is 0.355 e. The number of rotatable bonds is 6. The summed E-state index contributed by atoms with van der Waals surface area (Å²) in [6, 6.07) is 8.72. The fourth-order valence-electron chi connectivity index (χ4n) is 4.75. The van der Waals surface area contributed by atoms with Crippen LogP contribution in [0.15, 0.2) is 36.4 Å². The third-order valence-corrected chi connectivity index (χ3v) is 6.03. The average Bonchev–Trinajstić information content (AvgIpc) is 3.05. The second-order valence-electron chi connectivity index (χ2n) is 7.53. The number of nitrogens with zero attached hydrogens (tertiary/aromatic N) is 1. The maximum absolute atomic E-state index is 12.4. The molecule has 5 rings (SSSR count). The van der Waals surface area contributed by atoms with Gasteiger partial charge in [-0.05, 0) is 43.2 Å². The summed E-state index contributed by atoms with van der Waals surface area (Å²) in [7, 11) is 0. The van der Waals surface area contributed by atoms with Crippen molar-refractivity contribution in [2.24, 2.45) is 11.8 Å². The van der Waals surface area contributed by atoms with Crippen LogP contribution < -0.4 is 0 Å². The molecule has 2 aliphatic heterocycles. The quantitative estimate of drug-likeness (QED) is 0.627. The highest BCUT2D eigenvalue weighted by molar-refractivity contribution is 5.98. The molecule has 2 aromatic rings. The summed E-state index contributed by atoms with van der Waals surface area (Å²) in [6.07, 6.45) is 8.25. The molecule has 1 aromatic heterocycles. The number of para-hydroxylation sites is 1. The molecule has 0 radical (unpaired) electrons. The number of carbonyl (C=O) groups excluding carboxylic acids is 1. The van der Waals surface area contributed by atoms with Crippen molar-refractivity contribution in [1.82, 2.24) is 9.88 Å². The van der Waals surface area contributed by atoms with Crippen molar-refractivity contribution in [3.05, 3.63) is 47.7 Å². The summed E-state index contributed by atoms with van der Waals surface area (Å²) >= 11 is 0. The Hall–Kier alpha value is -2.07. The molecule has 138 valence electrons. The Kier molecular flexibility index (Phi) is 4.86. The van der Waals surface area contributed by atoms with Crippen LogP contribution in [0.25, 0.3) is 10.9 Å². The standard InChI is InChI=1S/C22H28N2O2/c1-3-16-13-15-9-10-20(16)24(14-15)12-11-18-17-7-5-6-8-19(17)23-21(18)22(25)26-4-2/h5-10,15-16,20,23H,3-4,11-14H2,1-2H3. The van der Waals surface area contributed by atoms with Crippen LogP contribution in [0.4, 0.5) is 0 Å². The van der Waals surface area contributed by atoms with E-state index in [0.29, 0.717) is 24.3 Å². The average molecular weight is 352 g/mol. The van der Waals surface area contributed by atoms with E-state index in [1.54, 1.807) is 0 Å². The lowest BCUT2D eigenvalue weighted by Crippen LogP contribution is -2.50. The first-order chi connectivity index (χ1) is 12.7. The number of fused-ring (bicyclic) bond motifs is 3. The lowest BCUT2D eigenvalue weighted by Gasteiger charge is -2.46. The van der Waals surface area contributed by atoms with Crippen molar-refractivity contribution in [1.29, 1.82) is 0 Å². The molecule has 0 spiro atoms. The van der Waals surface area contributed by atoms with Crippen LogP contribution in [0, 0.1) is 11.8 Å². The number of benzene rings is 1. The first kappa shape index (κ1) is 17.3. The zero-order valence-corrected chi connectivity index (χ0v) is 15.7. The zero-order chi connectivity index (χ0) is 18.1. The molecule has 2 bridgehead atoms. The largest absolute Gasteiger partial charge is 0.461 e. The molecule has 4 heteroatoms. The first-order valence-electron chi connectivity index (χ1n) is 9.90. The normalized spacial score (nSPS) is 25.1. The minimum Gasteiger partial charge on any atom is -0.461 e. The molecular weight excluding hydrogens is 324 g/mol. The van der Waals surface area contributed by atoms with E-state index >= 15 is 0 Å². The van der Waals surface area contributed by atoms with Gasteiger partial charge >= 0.3 is 5.97 Å². The van der Waals surface area contributed by atoms with E-state index in [1.165, 1.54) is 12.8 Å². The van der Waals surface area contributed by atoms with E-state index in [1.807, 2.05) is 25.1 Å². The fraction of sp³-hybridized carbons (Fsp3) is 0.500. The number of aromatic nitrogens is 1. The van der Waals surface area contributed by atoms with Crippen molar-refractivity contribution < 1.29 is 9.53 Å². The number of aromatic amines is 1. The second-order valence-corrected chi connectivity index (χ2v) is 7.53. The molecule has 3 atom stereocenters. The van der Waals surface area contributed by atoms with Gasteiger partial charge in [-0.15, -0.1) is 0 Å². The van der Waals surface area contributed by atoms with Crippen molar-refractivity contribution in [3.63, 3.8) is 0 Å². The van der Waals surface area contributed by atoms with Crippen molar-refractivity contribution in [3.8, 4) is 0 Å². The lowest BCUT2D eigenvalue weighted by atomic mass is 9.76. The van der Waals surface area contributed by atoms with Crippen LogP contribution in [-0.2, 0) is 11.2 Å². The zero-order valence-electron chi connectivity index (χ0n) is 15.7. The summed E-state index contributed by atoms with van der Waals surface area (Å²) in [6.45, 7) is 6.68. The van der Waals surface area contributed by atoms with Gasteiger partial charge in [-0.25, -0.2) is 4.79 Å². The molecule has 1 aromatic carbocycles. The van der Waals surface area contributed by atoms with Gasteiger partial charge in [-0.3, -0.25) is 4.90 Å².